The standard InChI is InChI=1S/C12H11F3N4/c1-8-7-19(11(16)18-8)17-6-9-4-2-3-5-10(9)12(13,14)15/h2-7H,1H3,(H2,16,18). The molecule has 0 aliphatic heterocycles. The molecule has 0 amide bonds. The molecular weight excluding hydrogens is 257 g/mol. The first-order valence-corrected chi connectivity index (χ1v) is 5.40. The maximum absolute atomic E-state index is 12.8. The number of aryl methyl sites for hydroxylation is 1. The van der Waals surface area contributed by atoms with Gasteiger partial charge in [0.15, 0.2) is 0 Å². The van der Waals surface area contributed by atoms with Crippen molar-refractivity contribution in [3.8, 4) is 0 Å². The lowest BCUT2D eigenvalue weighted by molar-refractivity contribution is -0.137. The molecule has 1 heterocycles. The van der Waals surface area contributed by atoms with E-state index in [0.717, 1.165) is 12.3 Å². The molecule has 0 saturated carbocycles. The minimum absolute atomic E-state index is 0.0271. The van der Waals surface area contributed by atoms with E-state index in [1.807, 2.05) is 0 Å². The van der Waals surface area contributed by atoms with E-state index in [-0.39, 0.29) is 11.5 Å². The van der Waals surface area contributed by atoms with Gasteiger partial charge < -0.3 is 5.73 Å². The summed E-state index contributed by atoms with van der Waals surface area (Å²) in [7, 11) is 0. The topological polar surface area (TPSA) is 56.2 Å². The first-order chi connectivity index (χ1) is 8.88. The van der Waals surface area contributed by atoms with Gasteiger partial charge in [0.2, 0.25) is 5.95 Å². The molecule has 0 spiro atoms. The molecule has 2 aromatic rings. The number of halogens is 3. The molecular formula is C12H11F3N4. The Morgan fingerprint density at radius 1 is 1.32 bits per heavy atom. The van der Waals surface area contributed by atoms with Crippen LogP contribution in [0.25, 0.3) is 0 Å². The SMILES string of the molecule is Cc1cn(N=Cc2ccccc2C(F)(F)F)c(N)n1. The highest BCUT2D eigenvalue weighted by Crippen LogP contribution is 2.31. The number of nitrogens with zero attached hydrogens (tertiary/aromatic N) is 3. The Hall–Kier alpha value is -2.31. The van der Waals surface area contributed by atoms with Gasteiger partial charge in [0.05, 0.1) is 23.7 Å². The van der Waals surface area contributed by atoms with Crippen LogP contribution in [0.4, 0.5) is 19.1 Å². The quantitative estimate of drug-likeness (QED) is 0.851. The Balaban J connectivity index is 2.36. The molecule has 4 nitrogen and oxygen atoms in total. The van der Waals surface area contributed by atoms with E-state index in [9.17, 15) is 13.2 Å². The van der Waals surface area contributed by atoms with Gasteiger partial charge in [-0.15, -0.1) is 0 Å². The van der Waals surface area contributed by atoms with E-state index < -0.39 is 11.7 Å². The Labute approximate surface area is 107 Å². The van der Waals surface area contributed by atoms with Gasteiger partial charge in [-0.2, -0.15) is 18.3 Å². The first-order valence-electron chi connectivity index (χ1n) is 5.40. The fourth-order valence-electron chi connectivity index (χ4n) is 1.59. The molecule has 2 rings (SSSR count). The summed E-state index contributed by atoms with van der Waals surface area (Å²) < 4.78 is 39.5. The van der Waals surface area contributed by atoms with Crippen molar-refractivity contribution in [2.45, 2.75) is 13.1 Å². The monoisotopic (exact) mass is 268 g/mol. The molecule has 0 atom stereocenters. The molecule has 2 N–H and O–H groups in total. The van der Waals surface area contributed by atoms with Crippen LogP contribution in [0.5, 0.6) is 0 Å². The number of imidazole rings is 1. The van der Waals surface area contributed by atoms with Gasteiger partial charge in [-0.3, -0.25) is 0 Å². The number of hydrogen-bond donors (Lipinski definition) is 1. The molecule has 1 aromatic carbocycles. The van der Waals surface area contributed by atoms with E-state index in [2.05, 4.69) is 10.1 Å². The highest BCUT2D eigenvalue weighted by molar-refractivity contribution is 5.82. The average Bonchev–Trinajstić information content (AvgIpc) is 2.64. The van der Waals surface area contributed by atoms with Crippen LogP contribution in [0.3, 0.4) is 0 Å². The van der Waals surface area contributed by atoms with Gasteiger partial charge >= 0.3 is 6.18 Å². The van der Waals surface area contributed by atoms with Crippen LogP contribution in [-0.2, 0) is 6.18 Å². The fraction of sp³-hybridized carbons (Fsp3) is 0.167. The Kier molecular flexibility index (Phi) is 3.28. The van der Waals surface area contributed by atoms with Crippen molar-refractivity contribution in [3.63, 3.8) is 0 Å². The molecule has 0 aliphatic carbocycles. The number of aromatic nitrogens is 2. The van der Waals surface area contributed by atoms with E-state index in [0.29, 0.717) is 5.69 Å². The molecule has 0 bridgehead atoms. The molecule has 0 radical (unpaired) electrons. The van der Waals surface area contributed by atoms with Gasteiger partial charge in [0.25, 0.3) is 0 Å². The van der Waals surface area contributed by atoms with Crippen molar-refractivity contribution in [1.82, 2.24) is 9.66 Å². The van der Waals surface area contributed by atoms with Crippen molar-refractivity contribution in [2.75, 3.05) is 5.73 Å². The summed E-state index contributed by atoms with van der Waals surface area (Å²) in [6, 6.07) is 5.19. The summed E-state index contributed by atoms with van der Waals surface area (Å²) in [5, 5.41) is 3.88. The lowest BCUT2D eigenvalue weighted by Crippen LogP contribution is -2.09. The second-order valence-electron chi connectivity index (χ2n) is 3.91. The third kappa shape index (κ3) is 2.93. The molecule has 0 saturated heterocycles. The van der Waals surface area contributed by atoms with Gasteiger partial charge in [0, 0.05) is 5.56 Å². The summed E-state index contributed by atoms with van der Waals surface area (Å²) in [5.41, 5.74) is 5.41. The van der Waals surface area contributed by atoms with Crippen molar-refractivity contribution < 1.29 is 13.2 Å². The summed E-state index contributed by atoms with van der Waals surface area (Å²) >= 11 is 0. The van der Waals surface area contributed by atoms with E-state index in [1.165, 1.54) is 29.1 Å². The van der Waals surface area contributed by atoms with Crippen molar-refractivity contribution in [2.24, 2.45) is 5.10 Å². The molecule has 0 unspecified atom stereocenters. The molecule has 1 aromatic heterocycles. The van der Waals surface area contributed by atoms with E-state index >= 15 is 0 Å². The lowest BCUT2D eigenvalue weighted by atomic mass is 10.1. The van der Waals surface area contributed by atoms with Crippen LogP contribution in [0, 0.1) is 6.92 Å². The first kappa shape index (κ1) is 13.1. The Bertz CT molecular complexity index is 614. The van der Waals surface area contributed by atoms with Crippen LogP contribution in [0.2, 0.25) is 0 Å². The zero-order chi connectivity index (χ0) is 14.0. The average molecular weight is 268 g/mol. The normalized spacial score (nSPS) is 12.2. The van der Waals surface area contributed by atoms with Gasteiger partial charge in [-0.25, -0.2) is 9.66 Å². The maximum Gasteiger partial charge on any atom is 0.417 e. The Morgan fingerprint density at radius 3 is 2.58 bits per heavy atom. The van der Waals surface area contributed by atoms with Gasteiger partial charge in [-0.1, -0.05) is 18.2 Å². The second-order valence-corrected chi connectivity index (χ2v) is 3.91. The maximum atomic E-state index is 12.8. The van der Waals surface area contributed by atoms with Crippen LogP contribution in [0.15, 0.2) is 35.6 Å². The van der Waals surface area contributed by atoms with Crippen LogP contribution in [0.1, 0.15) is 16.8 Å². The third-order valence-electron chi connectivity index (χ3n) is 2.42. The predicted octanol–water partition coefficient (Wildman–Crippen LogP) is 2.67. The second kappa shape index (κ2) is 4.75. The number of hydrogen-bond acceptors (Lipinski definition) is 3. The van der Waals surface area contributed by atoms with Crippen LogP contribution >= 0.6 is 0 Å². The summed E-state index contributed by atoms with van der Waals surface area (Å²) in [6.45, 7) is 1.71. The largest absolute Gasteiger partial charge is 0.417 e. The molecule has 19 heavy (non-hydrogen) atoms. The van der Waals surface area contributed by atoms with E-state index in [4.69, 9.17) is 5.73 Å². The van der Waals surface area contributed by atoms with Crippen LogP contribution < -0.4 is 5.73 Å². The lowest BCUT2D eigenvalue weighted by Gasteiger charge is -2.09. The summed E-state index contributed by atoms with van der Waals surface area (Å²) in [6.07, 6.45) is -1.78. The molecule has 0 fully saturated rings. The molecule has 100 valence electrons. The number of alkyl halides is 3. The van der Waals surface area contributed by atoms with Crippen LogP contribution in [-0.4, -0.2) is 15.9 Å². The Morgan fingerprint density at radius 2 is 2.00 bits per heavy atom. The number of anilines is 1. The van der Waals surface area contributed by atoms with Crippen molar-refractivity contribution in [3.05, 3.63) is 47.3 Å². The highest BCUT2D eigenvalue weighted by Gasteiger charge is 2.32. The number of nitrogen functional groups attached to an aromatic ring is 1. The number of rotatable bonds is 2. The summed E-state index contributed by atoms with van der Waals surface area (Å²) in [5.74, 6) is 0.123. The van der Waals surface area contributed by atoms with E-state index in [1.54, 1.807) is 6.92 Å². The number of nitrogens with two attached hydrogens (primary N) is 1. The van der Waals surface area contributed by atoms with Gasteiger partial charge in [0.1, 0.15) is 0 Å². The smallest absolute Gasteiger partial charge is 0.368 e. The summed E-state index contributed by atoms with van der Waals surface area (Å²) in [4.78, 5) is 3.90. The van der Waals surface area contributed by atoms with Gasteiger partial charge in [-0.05, 0) is 13.0 Å². The predicted molar refractivity (Wildman–Crippen MR) is 65.8 cm³/mol. The number of benzene rings is 1. The molecule has 0 aliphatic rings. The van der Waals surface area contributed by atoms with Crippen molar-refractivity contribution >= 4 is 12.2 Å². The minimum Gasteiger partial charge on any atom is -0.368 e. The highest BCUT2D eigenvalue weighted by atomic mass is 19.4. The fourth-order valence-corrected chi connectivity index (χ4v) is 1.59. The molecule has 7 heteroatoms. The third-order valence-corrected chi connectivity index (χ3v) is 2.42. The zero-order valence-corrected chi connectivity index (χ0v) is 10.0. The van der Waals surface area contributed by atoms with Crippen molar-refractivity contribution in [1.29, 1.82) is 0 Å². The zero-order valence-electron chi connectivity index (χ0n) is 10.0. The minimum atomic E-state index is -4.42.